The molecular weight excluding hydrogens is 358 g/mol. The number of rotatable bonds is 4. The quantitative estimate of drug-likeness (QED) is 0.855. The number of carbonyl (C=O) groups excluding carboxylic acids is 1. The third kappa shape index (κ3) is 3.38. The van der Waals surface area contributed by atoms with Gasteiger partial charge in [-0.25, -0.2) is 8.42 Å². The molecule has 1 aromatic carbocycles. The van der Waals surface area contributed by atoms with Crippen LogP contribution in [-0.2, 0) is 22.9 Å². The number of nitrogens with two attached hydrogens (primary N) is 1. The number of primary amides is 1. The van der Waals surface area contributed by atoms with E-state index in [1.807, 2.05) is 6.07 Å². The molecule has 1 aliphatic rings. The zero-order valence-corrected chi connectivity index (χ0v) is 15.2. The van der Waals surface area contributed by atoms with Gasteiger partial charge < -0.3 is 5.73 Å². The van der Waals surface area contributed by atoms with Crippen LogP contribution in [0.5, 0.6) is 0 Å². The lowest BCUT2D eigenvalue weighted by Crippen LogP contribution is -2.19. The predicted molar refractivity (Wildman–Crippen MR) is 96.0 cm³/mol. The topological polar surface area (TPSA) is 113 Å². The molecule has 0 saturated carbocycles. The highest BCUT2D eigenvalue weighted by molar-refractivity contribution is 7.93. The zero-order chi connectivity index (χ0) is 18.2. The van der Waals surface area contributed by atoms with Crippen molar-refractivity contribution in [1.29, 1.82) is 5.26 Å². The number of hydrogen-bond donors (Lipinski definition) is 2. The lowest BCUT2D eigenvalue weighted by molar-refractivity contribution is 0.100. The van der Waals surface area contributed by atoms with Crippen LogP contribution in [0.4, 0.5) is 5.00 Å². The van der Waals surface area contributed by atoms with E-state index in [-0.39, 0.29) is 15.5 Å². The van der Waals surface area contributed by atoms with E-state index >= 15 is 0 Å². The van der Waals surface area contributed by atoms with Gasteiger partial charge in [0.15, 0.2) is 0 Å². The number of nitrogens with zero attached hydrogens (tertiary/aromatic N) is 1. The first-order valence-corrected chi connectivity index (χ1v) is 10.1. The molecule has 1 aliphatic carbocycles. The molecule has 3 N–H and O–H groups in total. The lowest BCUT2D eigenvalue weighted by atomic mass is 9.88. The maximum atomic E-state index is 12.6. The number of nitrogens with one attached hydrogen (secondary N) is 1. The van der Waals surface area contributed by atoms with E-state index in [1.54, 1.807) is 0 Å². The van der Waals surface area contributed by atoms with Gasteiger partial charge in [0.05, 0.1) is 22.1 Å². The molecule has 0 aliphatic heterocycles. The number of anilines is 1. The molecule has 1 amide bonds. The maximum absolute atomic E-state index is 12.6. The molecule has 1 heterocycles. The minimum atomic E-state index is -3.86. The summed E-state index contributed by atoms with van der Waals surface area (Å²) in [4.78, 5) is 12.9. The van der Waals surface area contributed by atoms with Gasteiger partial charge in [-0.2, -0.15) is 5.26 Å². The summed E-state index contributed by atoms with van der Waals surface area (Å²) in [5.74, 6) is -0.126. The second-order valence-corrected chi connectivity index (χ2v) is 8.95. The van der Waals surface area contributed by atoms with E-state index < -0.39 is 15.9 Å². The first-order chi connectivity index (χ1) is 11.8. The van der Waals surface area contributed by atoms with E-state index in [1.165, 1.54) is 35.6 Å². The summed E-state index contributed by atoms with van der Waals surface area (Å²) in [7, 11) is -3.86. The Bertz CT molecular complexity index is 970. The van der Waals surface area contributed by atoms with Gasteiger partial charge in [0, 0.05) is 4.88 Å². The van der Waals surface area contributed by atoms with Crippen LogP contribution in [0.25, 0.3) is 0 Å². The van der Waals surface area contributed by atoms with E-state index in [4.69, 9.17) is 11.0 Å². The molecule has 0 bridgehead atoms. The third-order valence-corrected chi connectivity index (χ3v) is 6.94. The van der Waals surface area contributed by atoms with Gasteiger partial charge in [0.2, 0.25) is 0 Å². The minimum absolute atomic E-state index is 0.0293. The van der Waals surface area contributed by atoms with Crippen LogP contribution < -0.4 is 10.5 Å². The number of benzene rings is 1. The molecule has 0 radical (unpaired) electrons. The van der Waals surface area contributed by atoms with Crippen LogP contribution in [0.2, 0.25) is 0 Å². The molecule has 0 saturated heterocycles. The highest BCUT2D eigenvalue weighted by atomic mass is 32.2. The zero-order valence-electron chi connectivity index (χ0n) is 13.6. The Morgan fingerprint density at radius 1 is 1.36 bits per heavy atom. The third-order valence-electron chi connectivity index (χ3n) is 4.28. The second-order valence-electron chi connectivity index (χ2n) is 6.16. The van der Waals surface area contributed by atoms with Gasteiger partial charge in [0.25, 0.3) is 15.9 Å². The van der Waals surface area contributed by atoms with E-state index in [0.29, 0.717) is 11.5 Å². The Labute approximate surface area is 150 Å². The van der Waals surface area contributed by atoms with Crippen molar-refractivity contribution in [2.45, 2.75) is 31.1 Å². The van der Waals surface area contributed by atoms with Crippen molar-refractivity contribution in [3.8, 4) is 6.07 Å². The van der Waals surface area contributed by atoms with Crippen molar-refractivity contribution < 1.29 is 13.2 Å². The highest BCUT2D eigenvalue weighted by Crippen LogP contribution is 2.40. The summed E-state index contributed by atoms with van der Waals surface area (Å²) in [6.45, 7) is 2.13. The maximum Gasteiger partial charge on any atom is 0.262 e. The van der Waals surface area contributed by atoms with Crippen molar-refractivity contribution in [1.82, 2.24) is 0 Å². The molecule has 3 rings (SSSR count). The minimum Gasteiger partial charge on any atom is -0.365 e. The molecule has 1 unspecified atom stereocenters. The van der Waals surface area contributed by atoms with Gasteiger partial charge in [-0.05, 0) is 55.0 Å². The molecule has 1 aromatic heterocycles. The summed E-state index contributed by atoms with van der Waals surface area (Å²) in [5.41, 5.74) is 7.03. The molecule has 8 heteroatoms. The second kappa shape index (κ2) is 6.50. The fourth-order valence-corrected chi connectivity index (χ4v) is 5.69. The van der Waals surface area contributed by atoms with E-state index in [9.17, 15) is 13.2 Å². The summed E-state index contributed by atoms with van der Waals surface area (Å²) in [6, 6.07) is 7.54. The van der Waals surface area contributed by atoms with Crippen LogP contribution >= 0.6 is 11.3 Å². The first-order valence-electron chi connectivity index (χ1n) is 7.79. The standard InChI is InChI=1S/C17H17N3O3S2/c1-10-2-7-13-14(8-10)24-17(15(13)16(19)21)20-25(22,23)12-5-3-11(9-18)4-6-12/h3-6,10,20H,2,7-8H2,1H3,(H2,19,21). The number of carbonyl (C=O) groups is 1. The van der Waals surface area contributed by atoms with E-state index in [0.717, 1.165) is 29.7 Å². The molecule has 2 aromatic rings. The van der Waals surface area contributed by atoms with Crippen molar-refractivity contribution in [3.05, 3.63) is 45.8 Å². The number of fused-ring (bicyclic) bond motifs is 1. The van der Waals surface area contributed by atoms with E-state index in [2.05, 4.69) is 11.6 Å². The van der Waals surface area contributed by atoms with Gasteiger partial charge >= 0.3 is 0 Å². The fourth-order valence-electron chi connectivity index (χ4n) is 2.97. The summed E-state index contributed by atoms with van der Waals surface area (Å²) in [5, 5.41) is 9.09. The molecular formula is C17H17N3O3S2. The Kier molecular flexibility index (Phi) is 4.54. The number of amides is 1. The largest absolute Gasteiger partial charge is 0.365 e. The van der Waals surface area contributed by atoms with Crippen molar-refractivity contribution in [2.75, 3.05) is 4.72 Å². The number of thiophene rings is 1. The average molecular weight is 375 g/mol. The number of hydrogen-bond acceptors (Lipinski definition) is 5. The molecule has 1 atom stereocenters. The van der Waals surface area contributed by atoms with Crippen LogP contribution in [0.15, 0.2) is 29.2 Å². The van der Waals surface area contributed by atoms with Crippen LogP contribution in [-0.4, -0.2) is 14.3 Å². The molecule has 130 valence electrons. The summed E-state index contributed by atoms with van der Waals surface area (Å²) in [6.07, 6.45) is 2.49. The Hall–Kier alpha value is -2.37. The smallest absolute Gasteiger partial charge is 0.262 e. The Morgan fingerprint density at radius 3 is 2.64 bits per heavy atom. The van der Waals surface area contributed by atoms with Gasteiger partial charge in [-0.3, -0.25) is 9.52 Å². The van der Waals surface area contributed by atoms with Crippen molar-refractivity contribution in [3.63, 3.8) is 0 Å². The monoisotopic (exact) mass is 375 g/mol. The van der Waals surface area contributed by atoms with Gasteiger partial charge in [0.1, 0.15) is 5.00 Å². The van der Waals surface area contributed by atoms with Gasteiger partial charge in [-0.15, -0.1) is 11.3 Å². The van der Waals surface area contributed by atoms with Crippen molar-refractivity contribution in [2.24, 2.45) is 11.7 Å². The molecule has 6 nitrogen and oxygen atoms in total. The lowest BCUT2D eigenvalue weighted by Gasteiger charge is -2.18. The van der Waals surface area contributed by atoms with Crippen LogP contribution in [0.1, 0.15) is 39.7 Å². The SMILES string of the molecule is CC1CCc2c(sc(NS(=O)(=O)c3ccc(C#N)cc3)c2C(N)=O)C1. The van der Waals surface area contributed by atoms with Crippen LogP contribution in [0.3, 0.4) is 0 Å². The van der Waals surface area contributed by atoms with Crippen LogP contribution in [0, 0.1) is 17.2 Å². The first kappa shape index (κ1) is 17.5. The summed E-state index contributed by atoms with van der Waals surface area (Å²) < 4.78 is 27.7. The molecule has 0 spiro atoms. The normalized spacial score (nSPS) is 16.7. The Balaban J connectivity index is 1.99. The number of nitriles is 1. The van der Waals surface area contributed by atoms with Gasteiger partial charge in [-0.1, -0.05) is 6.92 Å². The Morgan fingerprint density at radius 2 is 2.04 bits per heavy atom. The fraction of sp³-hybridized carbons (Fsp3) is 0.294. The van der Waals surface area contributed by atoms with Crippen molar-refractivity contribution >= 4 is 32.3 Å². The number of sulfonamides is 1. The predicted octanol–water partition coefficient (Wildman–Crippen LogP) is 2.64. The highest BCUT2D eigenvalue weighted by Gasteiger charge is 2.28. The molecule has 0 fully saturated rings. The summed E-state index contributed by atoms with van der Waals surface area (Å²) >= 11 is 1.28. The average Bonchev–Trinajstić information content (AvgIpc) is 2.91. The molecule has 25 heavy (non-hydrogen) atoms.